The van der Waals surface area contributed by atoms with E-state index in [0.717, 1.165) is 24.0 Å². The summed E-state index contributed by atoms with van der Waals surface area (Å²) in [5, 5.41) is 0. The minimum atomic E-state index is 0.152. The highest BCUT2D eigenvalue weighted by molar-refractivity contribution is 5.98. The molecule has 0 bridgehead atoms. The number of aryl methyl sites for hydroxylation is 1. The van der Waals surface area contributed by atoms with Crippen molar-refractivity contribution in [1.29, 1.82) is 0 Å². The highest BCUT2D eigenvalue weighted by Gasteiger charge is 2.07. The van der Waals surface area contributed by atoms with Gasteiger partial charge < -0.3 is 0 Å². The molecule has 0 fully saturated rings. The van der Waals surface area contributed by atoms with Crippen molar-refractivity contribution in [2.75, 3.05) is 6.54 Å². The minimum Gasteiger partial charge on any atom is -0.294 e. The second kappa shape index (κ2) is 12.3. The Kier molecular flexibility index (Phi) is 9.47. The molecule has 2 heteroatoms. The summed E-state index contributed by atoms with van der Waals surface area (Å²) in [6.45, 7) is 12.3. The number of benzene rings is 2. The Morgan fingerprint density at radius 1 is 0.933 bits per heavy atom. The number of aliphatic imine (C=N–C) groups is 1. The van der Waals surface area contributed by atoms with Gasteiger partial charge in [-0.3, -0.25) is 9.79 Å². The molecule has 0 aromatic heterocycles. The number of Topliss-reactive ketones (excluding diaryl/α,β-unsaturated/α-hetero) is 1. The molecule has 0 N–H and O–H groups in total. The molecule has 30 heavy (non-hydrogen) atoms. The Morgan fingerprint density at radius 2 is 1.60 bits per heavy atom. The summed E-state index contributed by atoms with van der Waals surface area (Å²) >= 11 is 0. The number of carbonyl (C=O) groups excluding carboxylic acids is 1. The molecule has 0 saturated heterocycles. The molecular formula is C28H31NO. The van der Waals surface area contributed by atoms with Crippen molar-refractivity contribution in [3.05, 3.63) is 108 Å². The first-order valence-corrected chi connectivity index (χ1v) is 10.4. The summed E-state index contributed by atoms with van der Waals surface area (Å²) in [4.78, 5) is 16.7. The maximum absolute atomic E-state index is 12.6. The molecule has 0 heterocycles. The van der Waals surface area contributed by atoms with Crippen LogP contribution in [0, 0.1) is 0 Å². The van der Waals surface area contributed by atoms with Gasteiger partial charge >= 0.3 is 0 Å². The van der Waals surface area contributed by atoms with Crippen LogP contribution in [0.25, 0.3) is 11.1 Å². The molecule has 2 rings (SSSR count). The summed E-state index contributed by atoms with van der Waals surface area (Å²) in [5.74, 6) is 0.152. The van der Waals surface area contributed by atoms with Gasteiger partial charge in [0.05, 0.1) is 6.54 Å². The van der Waals surface area contributed by atoms with Gasteiger partial charge in [0.1, 0.15) is 0 Å². The van der Waals surface area contributed by atoms with Gasteiger partial charge in [0.15, 0.2) is 5.78 Å². The molecule has 0 unspecified atom stereocenters. The molecule has 2 aromatic rings. The Bertz CT molecular complexity index is 944. The SMILES string of the molecule is C=C(/C=C\C(=C/C)C(=O)CCCc1ccc(-c2ccccc2)cc1)C(=C)C/N=C\C. The van der Waals surface area contributed by atoms with Gasteiger partial charge in [-0.2, -0.15) is 0 Å². The topological polar surface area (TPSA) is 29.4 Å². The lowest BCUT2D eigenvalue weighted by atomic mass is 9.99. The fourth-order valence-electron chi connectivity index (χ4n) is 3.05. The molecule has 0 aliphatic rings. The minimum absolute atomic E-state index is 0.152. The molecule has 154 valence electrons. The Morgan fingerprint density at radius 3 is 2.23 bits per heavy atom. The van der Waals surface area contributed by atoms with Crippen molar-refractivity contribution in [2.45, 2.75) is 33.1 Å². The fourth-order valence-corrected chi connectivity index (χ4v) is 3.05. The van der Waals surface area contributed by atoms with Gasteiger partial charge in [-0.1, -0.05) is 86.0 Å². The number of ketones is 1. The second-order valence-electron chi connectivity index (χ2n) is 7.14. The van der Waals surface area contributed by atoms with Crippen molar-refractivity contribution in [2.24, 2.45) is 4.99 Å². The Labute approximate surface area is 181 Å². The van der Waals surface area contributed by atoms with E-state index in [1.807, 2.05) is 50.3 Å². The summed E-state index contributed by atoms with van der Waals surface area (Å²) in [6, 6.07) is 18.9. The second-order valence-corrected chi connectivity index (χ2v) is 7.14. The lowest BCUT2D eigenvalue weighted by Crippen LogP contribution is -2.01. The van der Waals surface area contributed by atoms with Crippen LogP contribution in [-0.2, 0) is 11.2 Å². The van der Waals surface area contributed by atoms with Crippen LogP contribution >= 0.6 is 0 Å². The summed E-state index contributed by atoms with van der Waals surface area (Å²) < 4.78 is 0. The van der Waals surface area contributed by atoms with Gasteiger partial charge in [0.25, 0.3) is 0 Å². The van der Waals surface area contributed by atoms with Crippen LogP contribution in [0.15, 0.2) is 108 Å². The molecule has 0 aliphatic heterocycles. The Hall–Kier alpha value is -3.26. The van der Waals surface area contributed by atoms with E-state index in [-0.39, 0.29) is 5.78 Å². The van der Waals surface area contributed by atoms with Crippen LogP contribution in [0.2, 0.25) is 0 Å². The zero-order valence-electron chi connectivity index (χ0n) is 18.1. The first-order chi connectivity index (χ1) is 14.5. The van der Waals surface area contributed by atoms with Crippen LogP contribution in [0.3, 0.4) is 0 Å². The zero-order chi connectivity index (χ0) is 21.8. The first-order valence-electron chi connectivity index (χ1n) is 10.4. The molecule has 0 amide bonds. The van der Waals surface area contributed by atoms with E-state index < -0.39 is 0 Å². The van der Waals surface area contributed by atoms with Crippen LogP contribution < -0.4 is 0 Å². The van der Waals surface area contributed by atoms with E-state index in [0.29, 0.717) is 18.5 Å². The number of allylic oxidation sites excluding steroid dienone is 4. The van der Waals surface area contributed by atoms with Gasteiger partial charge in [0, 0.05) is 12.0 Å². The van der Waals surface area contributed by atoms with Crippen molar-refractivity contribution in [3.8, 4) is 11.1 Å². The molecule has 0 atom stereocenters. The quantitative estimate of drug-likeness (QED) is 0.229. The Balaban J connectivity index is 1.84. The lowest BCUT2D eigenvalue weighted by Gasteiger charge is -2.06. The normalized spacial score (nSPS) is 11.9. The van der Waals surface area contributed by atoms with Gasteiger partial charge in [-0.05, 0) is 60.7 Å². The summed E-state index contributed by atoms with van der Waals surface area (Å²) in [5.41, 5.74) is 6.04. The highest BCUT2D eigenvalue weighted by Crippen LogP contribution is 2.20. The van der Waals surface area contributed by atoms with E-state index in [1.165, 1.54) is 16.7 Å². The van der Waals surface area contributed by atoms with Crippen LogP contribution in [0.5, 0.6) is 0 Å². The van der Waals surface area contributed by atoms with E-state index in [1.54, 1.807) is 6.21 Å². The van der Waals surface area contributed by atoms with Gasteiger partial charge in [0.2, 0.25) is 0 Å². The number of hydrogen-bond acceptors (Lipinski definition) is 2. The third-order valence-corrected chi connectivity index (χ3v) is 4.95. The average molecular weight is 398 g/mol. The molecule has 2 aromatic carbocycles. The predicted molar refractivity (Wildman–Crippen MR) is 130 cm³/mol. The van der Waals surface area contributed by atoms with E-state index in [9.17, 15) is 4.79 Å². The third kappa shape index (κ3) is 7.29. The average Bonchev–Trinajstić information content (AvgIpc) is 2.78. The maximum Gasteiger partial charge on any atom is 0.162 e. The van der Waals surface area contributed by atoms with Gasteiger partial charge in [-0.25, -0.2) is 0 Å². The number of rotatable bonds is 11. The van der Waals surface area contributed by atoms with Crippen LogP contribution in [0.4, 0.5) is 0 Å². The molecule has 2 nitrogen and oxygen atoms in total. The molecule has 0 aliphatic carbocycles. The molecule has 0 saturated carbocycles. The van der Waals surface area contributed by atoms with Crippen molar-refractivity contribution < 1.29 is 4.79 Å². The maximum atomic E-state index is 12.6. The monoisotopic (exact) mass is 397 g/mol. The highest BCUT2D eigenvalue weighted by atomic mass is 16.1. The lowest BCUT2D eigenvalue weighted by molar-refractivity contribution is -0.115. The summed E-state index contributed by atoms with van der Waals surface area (Å²) in [7, 11) is 0. The van der Waals surface area contributed by atoms with E-state index in [4.69, 9.17) is 0 Å². The summed E-state index contributed by atoms with van der Waals surface area (Å²) in [6.07, 6.45) is 9.53. The molecule has 0 spiro atoms. The zero-order valence-corrected chi connectivity index (χ0v) is 18.1. The van der Waals surface area contributed by atoms with Crippen molar-refractivity contribution in [3.63, 3.8) is 0 Å². The van der Waals surface area contributed by atoms with Crippen LogP contribution in [0.1, 0.15) is 32.3 Å². The van der Waals surface area contributed by atoms with Crippen LogP contribution in [-0.4, -0.2) is 18.5 Å². The molecular weight excluding hydrogens is 366 g/mol. The third-order valence-electron chi connectivity index (χ3n) is 4.95. The predicted octanol–water partition coefficient (Wildman–Crippen LogP) is 6.95. The number of hydrogen-bond donors (Lipinski definition) is 0. The largest absolute Gasteiger partial charge is 0.294 e. The number of carbonyl (C=O) groups is 1. The fraction of sp³-hybridized carbons (Fsp3) is 0.214. The van der Waals surface area contributed by atoms with Gasteiger partial charge in [-0.15, -0.1) is 0 Å². The van der Waals surface area contributed by atoms with E-state index >= 15 is 0 Å². The smallest absolute Gasteiger partial charge is 0.162 e. The first kappa shape index (κ1) is 23.0. The molecule has 0 radical (unpaired) electrons. The number of nitrogens with zero attached hydrogens (tertiary/aromatic N) is 1. The van der Waals surface area contributed by atoms with E-state index in [2.05, 4.69) is 54.5 Å². The van der Waals surface area contributed by atoms with Crippen molar-refractivity contribution >= 4 is 12.0 Å². The standard InChI is InChI=1S/C28H31NO/c1-5-25(18-15-22(3)23(4)21-29-6-2)28(30)14-10-11-24-16-19-27(20-17-24)26-12-8-7-9-13-26/h5-9,12-13,15-20H,3-4,10-11,14,21H2,1-2H3/b18-15-,25-5+,29-6-. The van der Waals surface area contributed by atoms with Crippen molar-refractivity contribution in [1.82, 2.24) is 0 Å².